The number of urea groups is 1. The van der Waals surface area contributed by atoms with Crippen LogP contribution in [0.15, 0.2) is 0 Å². The Bertz CT molecular complexity index is 306. The van der Waals surface area contributed by atoms with Crippen LogP contribution in [0.25, 0.3) is 0 Å². The Morgan fingerprint density at radius 1 is 1.30 bits per heavy atom. The fraction of sp³-hybridized carbons (Fsp3) is 0.846. The smallest absolute Gasteiger partial charge is 0.314 e. The first-order chi connectivity index (χ1) is 9.63. The fourth-order valence-electron chi connectivity index (χ4n) is 2.20. The van der Waals surface area contributed by atoms with Crippen LogP contribution in [-0.2, 0) is 4.79 Å². The summed E-state index contributed by atoms with van der Waals surface area (Å²) >= 11 is 0. The second-order valence-corrected chi connectivity index (χ2v) is 5.05. The molecule has 1 atom stereocenters. The van der Waals surface area contributed by atoms with Crippen LogP contribution >= 0.6 is 0 Å². The number of hydrogen-bond acceptors (Lipinski definition) is 4. The lowest BCUT2D eigenvalue weighted by Gasteiger charge is -2.27. The summed E-state index contributed by atoms with van der Waals surface area (Å²) in [6.07, 6.45) is 1.37. The van der Waals surface area contributed by atoms with E-state index in [1.165, 1.54) is 0 Å². The van der Waals surface area contributed by atoms with E-state index in [4.69, 9.17) is 5.11 Å². The molecule has 7 nitrogen and oxygen atoms in total. The van der Waals surface area contributed by atoms with Crippen molar-refractivity contribution in [2.45, 2.75) is 19.8 Å². The van der Waals surface area contributed by atoms with Gasteiger partial charge in [0.2, 0.25) is 0 Å². The van der Waals surface area contributed by atoms with Crippen LogP contribution in [0.1, 0.15) is 19.8 Å². The van der Waals surface area contributed by atoms with Gasteiger partial charge in [-0.3, -0.25) is 9.69 Å². The third-order valence-corrected chi connectivity index (χ3v) is 3.42. The minimum atomic E-state index is -0.854. The Morgan fingerprint density at radius 2 is 2.00 bits per heavy atom. The Kier molecular flexibility index (Phi) is 7.98. The Labute approximate surface area is 120 Å². The minimum Gasteiger partial charge on any atom is -0.481 e. The maximum absolute atomic E-state index is 11.6. The number of rotatable bonds is 8. The van der Waals surface area contributed by atoms with E-state index in [9.17, 15) is 9.59 Å². The number of hydrogen-bond donors (Lipinski definition) is 4. The van der Waals surface area contributed by atoms with Gasteiger partial charge in [0, 0.05) is 45.8 Å². The zero-order chi connectivity index (χ0) is 14.8. The highest BCUT2D eigenvalue weighted by Gasteiger charge is 2.17. The molecule has 0 bridgehead atoms. The average Bonchev–Trinajstić information content (AvgIpc) is 2.44. The van der Waals surface area contributed by atoms with Crippen LogP contribution in [0, 0.1) is 5.92 Å². The van der Waals surface area contributed by atoms with E-state index >= 15 is 0 Å². The second kappa shape index (κ2) is 9.55. The standard InChI is InChI=1S/C13H26N4O3/c1-2-3-11(12(18)19)10-16-13(20)15-6-9-17-7-4-14-5-8-17/h11,14H,2-10H2,1H3,(H,18,19)(H2,15,16,20). The molecule has 4 N–H and O–H groups in total. The summed E-state index contributed by atoms with van der Waals surface area (Å²) in [5.74, 6) is -1.35. The largest absolute Gasteiger partial charge is 0.481 e. The van der Waals surface area contributed by atoms with Gasteiger partial charge in [-0.2, -0.15) is 0 Å². The van der Waals surface area contributed by atoms with Crippen molar-refractivity contribution in [2.24, 2.45) is 5.92 Å². The summed E-state index contributed by atoms with van der Waals surface area (Å²) < 4.78 is 0. The molecule has 0 saturated carbocycles. The molecule has 0 aromatic heterocycles. The number of carboxylic acid groups (broad SMARTS) is 1. The van der Waals surface area contributed by atoms with Crippen LogP contribution in [0.3, 0.4) is 0 Å². The van der Waals surface area contributed by atoms with Gasteiger partial charge in [-0.15, -0.1) is 0 Å². The number of carbonyl (C=O) groups is 2. The molecule has 2 amide bonds. The van der Waals surface area contributed by atoms with E-state index < -0.39 is 11.9 Å². The Hall–Kier alpha value is -1.34. The van der Waals surface area contributed by atoms with Gasteiger partial charge in [0.25, 0.3) is 0 Å². The van der Waals surface area contributed by atoms with E-state index in [1.54, 1.807) is 0 Å². The molecular formula is C13H26N4O3. The van der Waals surface area contributed by atoms with Crippen LogP contribution in [0.2, 0.25) is 0 Å². The van der Waals surface area contributed by atoms with Crippen molar-refractivity contribution in [1.82, 2.24) is 20.9 Å². The number of carbonyl (C=O) groups excluding carboxylic acids is 1. The zero-order valence-corrected chi connectivity index (χ0v) is 12.2. The topological polar surface area (TPSA) is 93.7 Å². The lowest BCUT2D eigenvalue weighted by molar-refractivity contribution is -0.141. The van der Waals surface area contributed by atoms with Gasteiger partial charge in [0.05, 0.1) is 5.92 Å². The average molecular weight is 286 g/mol. The molecule has 1 heterocycles. The molecule has 1 saturated heterocycles. The van der Waals surface area contributed by atoms with Gasteiger partial charge >= 0.3 is 12.0 Å². The van der Waals surface area contributed by atoms with Crippen LogP contribution < -0.4 is 16.0 Å². The number of nitrogens with zero attached hydrogens (tertiary/aromatic N) is 1. The zero-order valence-electron chi connectivity index (χ0n) is 12.2. The quantitative estimate of drug-likeness (QED) is 0.491. The SMILES string of the molecule is CCCC(CNC(=O)NCCN1CCNCC1)C(=O)O. The van der Waals surface area contributed by atoms with Crippen LogP contribution in [0.4, 0.5) is 4.79 Å². The van der Waals surface area contributed by atoms with E-state index in [0.29, 0.717) is 13.0 Å². The number of carboxylic acids is 1. The molecule has 116 valence electrons. The van der Waals surface area contributed by atoms with Crippen molar-refractivity contribution in [2.75, 3.05) is 45.8 Å². The van der Waals surface area contributed by atoms with Crippen LogP contribution in [0.5, 0.6) is 0 Å². The normalized spacial score (nSPS) is 17.4. The summed E-state index contributed by atoms with van der Waals surface area (Å²) in [7, 11) is 0. The van der Waals surface area contributed by atoms with Crippen molar-refractivity contribution >= 4 is 12.0 Å². The minimum absolute atomic E-state index is 0.183. The lowest BCUT2D eigenvalue weighted by atomic mass is 10.0. The molecule has 0 spiro atoms. The van der Waals surface area contributed by atoms with Crippen molar-refractivity contribution < 1.29 is 14.7 Å². The maximum atomic E-state index is 11.6. The van der Waals surface area contributed by atoms with Crippen molar-refractivity contribution in [3.8, 4) is 0 Å². The summed E-state index contributed by atoms with van der Waals surface area (Å²) in [4.78, 5) is 24.8. The molecule has 20 heavy (non-hydrogen) atoms. The summed E-state index contributed by atoms with van der Waals surface area (Å²) in [5.41, 5.74) is 0. The summed E-state index contributed by atoms with van der Waals surface area (Å²) in [6, 6.07) is -0.289. The number of aliphatic carboxylic acids is 1. The molecule has 0 aromatic rings. The third kappa shape index (κ3) is 6.72. The first kappa shape index (κ1) is 16.7. The predicted octanol–water partition coefficient (Wildman–Crippen LogP) is -0.308. The molecule has 0 radical (unpaired) electrons. The van der Waals surface area contributed by atoms with Gasteiger partial charge < -0.3 is 21.1 Å². The number of piperazine rings is 1. The molecule has 0 aromatic carbocycles. The second-order valence-electron chi connectivity index (χ2n) is 5.05. The summed E-state index contributed by atoms with van der Waals surface area (Å²) in [6.45, 7) is 7.50. The number of amides is 2. The van der Waals surface area contributed by atoms with Gasteiger partial charge in [0.1, 0.15) is 0 Å². The van der Waals surface area contributed by atoms with Crippen molar-refractivity contribution in [3.05, 3.63) is 0 Å². The summed E-state index contributed by atoms with van der Waals surface area (Å²) in [5, 5.41) is 17.6. The Balaban J connectivity index is 2.11. The monoisotopic (exact) mass is 286 g/mol. The van der Waals surface area contributed by atoms with Gasteiger partial charge in [-0.05, 0) is 6.42 Å². The van der Waals surface area contributed by atoms with Gasteiger partial charge in [0.15, 0.2) is 0 Å². The molecule has 1 aliphatic heterocycles. The third-order valence-electron chi connectivity index (χ3n) is 3.42. The molecule has 1 rings (SSSR count). The molecule has 1 fully saturated rings. The van der Waals surface area contributed by atoms with E-state index in [2.05, 4.69) is 20.9 Å². The molecule has 1 aliphatic rings. The van der Waals surface area contributed by atoms with Gasteiger partial charge in [-0.1, -0.05) is 13.3 Å². The first-order valence-corrected chi connectivity index (χ1v) is 7.31. The van der Waals surface area contributed by atoms with Crippen molar-refractivity contribution in [3.63, 3.8) is 0 Å². The van der Waals surface area contributed by atoms with Crippen molar-refractivity contribution in [1.29, 1.82) is 0 Å². The molecule has 7 heteroatoms. The molecule has 1 unspecified atom stereocenters. The number of nitrogens with one attached hydrogen (secondary N) is 3. The molecule has 0 aliphatic carbocycles. The maximum Gasteiger partial charge on any atom is 0.314 e. The van der Waals surface area contributed by atoms with Crippen LogP contribution in [-0.4, -0.2) is 67.8 Å². The highest BCUT2D eigenvalue weighted by Crippen LogP contribution is 2.04. The first-order valence-electron chi connectivity index (χ1n) is 7.31. The highest BCUT2D eigenvalue weighted by atomic mass is 16.4. The lowest BCUT2D eigenvalue weighted by Crippen LogP contribution is -2.47. The van der Waals surface area contributed by atoms with Gasteiger partial charge in [-0.25, -0.2) is 4.79 Å². The van der Waals surface area contributed by atoms with E-state index in [1.807, 2.05) is 6.92 Å². The fourth-order valence-corrected chi connectivity index (χ4v) is 2.20. The molecular weight excluding hydrogens is 260 g/mol. The highest BCUT2D eigenvalue weighted by molar-refractivity contribution is 5.75. The van der Waals surface area contributed by atoms with E-state index in [0.717, 1.165) is 39.1 Å². The Morgan fingerprint density at radius 3 is 2.60 bits per heavy atom. The predicted molar refractivity (Wildman–Crippen MR) is 76.7 cm³/mol. The van der Waals surface area contributed by atoms with E-state index in [-0.39, 0.29) is 12.6 Å².